The molecule has 4 nitrogen and oxygen atoms in total. The van der Waals surface area contributed by atoms with Gasteiger partial charge in [-0.05, 0) is 58.4 Å². The summed E-state index contributed by atoms with van der Waals surface area (Å²) in [4.78, 5) is 12.1. The van der Waals surface area contributed by atoms with Crippen LogP contribution in [0.15, 0.2) is 0 Å². The van der Waals surface area contributed by atoms with Crippen LogP contribution < -0.4 is 10.6 Å². The fourth-order valence-electron chi connectivity index (χ4n) is 2.91. The van der Waals surface area contributed by atoms with Gasteiger partial charge in [-0.3, -0.25) is 4.79 Å². The van der Waals surface area contributed by atoms with Gasteiger partial charge in [0, 0.05) is 12.1 Å². The number of hydrogen-bond acceptors (Lipinski definition) is 3. The molecule has 4 heteroatoms. The molecule has 0 radical (unpaired) electrons. The quantitative estimate of drug-likeness (QED) is 0.688. The molecule has 0 aliphatic heterocycles. The second-order valence-corrected chi connectivity index (χ2v) is 6.23. The van der Waals surface area contributed by atoms with Gasteiger partial charge >= 0.3 is 0 Å². The molecule has 0 aromatic rings. The number of rotatable bonds is 9. The normalized spacial score (nSPS) is 24.0. The molecule has 124 valence electrons. The summed E-state index contributed by atoms with van der Waals surface area (Å²) in [5.41, 5.74) is 0. The molecule has 0 spiro atoms. The van der Waals surface area contributed by atoms with Crippen LogP contribution in [0.25, 0.3) is 0 Å². The standard InChI is InChI=1S/C17H34N2O2/c1-5-12-18-15-8-10-16(11-9-15)21-13(4)17(20)19-14(6-2)7-3/h13-16,18H,5-12H2,1-4H3,(H,19,20). The molecule has 1 fully saturated rings. The van der Waals surface area contributed by atoms with E-state index in [2.05, 4.69) is 31.4 Å². The van der Waals surface area contributed by atoms with Crippen molar-refractivity contribution in [3.05, 3.63) is 0 Å². The van der Waals surface area contributed by atoms with Gasteiger partial charge < -0.3 is 15.4 Å². The fourth-order valence-corrected chi connectivity index (χ4v) is 2.91. The molecule has 0 saturated heterocycles. The van der Waals surface area contributed by atoms with Crippen molar-refractivity contribution in [3.63, 3.8) is 0 Å². The van der Waals surface area contributed by atoms with Gasteiger partial charge in [-0.2, -0.15) is 0 Å². The average molecular weight is 298 g/mol. The maximum Gasteiger partial charge on any atom is 0.249 e. The van der Waals surface area contributed by atoms with Crippen LogP contribution in [-0.2, 0) is 9.53 Å². The van der Waals surface area contributed by atoms with E-state index in [4.69, 9.17) is 4.74 Å². The molecule has 21 heavy (non-hydrogen) atoms. The maximum atomic E-state index is 12.1. The predicted molar refractivity (Wildman–Crippen MR) is 87.4 cm³/mol. The van der Waals surface area contributed by atoms with Crippen molar-refractivity contribution >= 4 is 5.91 Å². The first-order valence-electron chi connectivity index (χ1n) is 8.79. The molecule has 1 rings (SSSR count). The van der Waals surface area contributed by atoms with E-state index in [0.29, 0.717) is 6.04 Å². The summed E-state index contributed by atoms with van der Waals surface area (Å²) < 4.78 is 5.96. The number of hydrogen-bond donors (Lipinski definition) is 2. The Hall–Kier alpha value is -0.610. The molecule has 2 N–H and O–H groups in total. The summed E-state index contributed by atoms with van der Waals surface area (Å²) in [5, 5.41) is 6.64. The van der Waals surface area contributed by atoms with E-state index >= 15 is 0 Å². The lowest BCUT2D eigenvalue weighted by molar-refractivity contribution is -0.137. The Kier molecular flexibility index (Phi) is 8.93. The van der Waals surface area contributed by atoms with E-state index < -0.39 is 0 Å². The third kappa shape index (κ3) is 6.79. The molecule has 1 amide bonds. The molecular formula is C17H34N2O2. The Labute approximate surface area is 130 Å². The second kappa shape index (κ2) is 10.2. The summed E-state index contributed by atoms with van der Waals surface area (Å²) in [5.74, 6) is 0.0370. The monoisotopic (exact) mass is 298 g/mol. The number of amides is 1. The summed E-state index contributed by atoms with van der Waals surface area (Å²) >= 11 is 0. The molecule has 0 aromatic carbocycles. The zero-order valence-corrected chi connectivity index (χ0v) is 14.3. The zero-order valence-electron chi connectivity index (χ0n) is 14.3. The first kappa shape index (κ1) is 18.4. The highest BCUT2D eigenvalue weighted by atomic mass is 16.5. The minimum atomic E-state index is -0.337. The van der Waals surface area contributed by atoms with E-state index in [1.807, 2.05) is 6.92 Å². The van der Waals surface area contributed by atoms with Crippen molar-refractivity contribution in [3.8, 4) is 0 Å². The van der Waals surface area contributed by atoms with Crippen molar-refractivity contribution in [1.82, 2.24) is 10.6 Å². The van der Waals surface area contributed by atoms with Crippen molar-refractivity contribution < 1.29 is 9.53 Å². The largest absolute Gasteiger partial charge is 0.365 e. The molecule has 1 unspecified atom stereocenters. The Balaban J connectivity index is 2.26. The lowest BCUT2D eigenvalue weighted by Crippen LogP contribution is -2.43. The Morgan fingerprint density at radius 1 is 1.14 bits per heavy atom. The van der Waals surface area contributed by atoms with E-state index in [1.54, 1.807) is 0 Å². The van der Waals surface area contributed by atoms with Gasteiger partial charge in [-0.15, -0.1) is 0 Å². The van der Waals surface area contributed by atoms with Crippen LogP contribution in [-0.4, -0.2) is 36.7 Å². The highest BCUT2D eigenvalue weighted by molar-refractivity contribution is 5.80. The third-order valence-electron chi connectivity index (χ3n) is 4.46. The SMILES string of the molecule is CCCNC1CCC(OC(C)C(=O)NC(CC)CC)CC1. The van der Waals surface area contributed by atoms with Crippen molar-refractivity contribution in [2.75, 3.05) is 6.54 Å². The van der Waals surface area contributed by atoms with Crippen LogP contribution in [0.5, 0.6) is 0 Å². The van der Waals surface area contributed by atoms with Crippen LogP contribution in [0.2, 0.25) is 0 Å². The summed E-state index contributed by atoms with van der Waals surface area (Å²) in [6.45, 7) is 9.38. The van der Waals surface area contributed by atoms with E-state index in [0.717, 1.165) is 45.1 Å². The first-order chi connectivity index (χ1) is 10.1. The Morgan fingerprint density at radius 3 is 2.29 bits per heavy atom. The minimum Gasteiger partial charge on any atom is -0.365 e. The number of carbonyl (C=O) groups excluding carboxylic acids is 1. The predicted octanol–water partition coefficient (Wildman–Crippen LogP) is 3.01. The van der Waals surface area contributed by atoms with Gasteiger partial charge in [0.05, 0.1) is 6.10 Å². The minimum absolute atomic E-state index is 0.0370. The average Bonchev–Trinajstić information content (AvgIpc) is 2.51. The van der Waals surface area contributed by atoms with Gasteiger partial charge in [0.2, 0.25) is 5.91 Å². The highest BCUT2D eigenvalue weighted by Gasteiger charge is 2.25. The Morgan fingerprint density at radius 2 is 1.76 bits per heavy atom. The van der Waals surface area contributed by atoms with Crippen LogP contribution in [0.4, 0.5) is 0 Å². The van der Waals surface area contributed by atoms with Gasteiger partial charge in [0.25, 0.3) is 0 Å². The lowest BCUT2D eigenvalue weighted by Gasteiger charge is -2.31. The molecule has 1 aliphatic rings. The van der Waals surface area contributed by atoms with Gasteiger partial charge in [0.1, 0.15) is 6.10 Å². The van der Waals surface area contributed by atoms with Gasteiger partial charge in [-0.1, -0.05) is 20.8 Å². The van der Waals surface area contributed by atoms with Crippen molar-refractivity contribution in [2.24, 2.45) is 0 Å². The first-order valence-corrected chi connectivity index (χ1v) is 8.79. The van der Waals surface area contributed by atoms with Crippen LogP contribution in [0.3, 0.4) is 0 Å². The molecule has 1 saturated carbocycles. The van der Waals surface area contributed by atoms with E-state index in [-0.39, 0.29) is 24.2 Å². The zero-order chi connectivity index (χ0) is 15.7. The maximum absolute atomic E-state index is 12.1. The van der Waals surface area contributed by atoms with Crippen LogP contribution in [0, 0.1) is 0 Å². The molecule has 0 bridgehead atoms. The third-order valence-corrected chi connectivity index (χ3v) is 4.46. The van der Waals surface area contributed by atoms with Crippen LogP contribution >= 0.6 is 0 Å². The smallest absolute Gasteiger partial charge is 0.249 e. The van der Waals surface area contributed by atoms with Gasteiger partial charge in [-0.25, -0.2) is 0 Å². The van der Waals surface area contributed by atoms with E-state index in [9.17, 15) is 4.79 Å². The van der Waals surface area contributed by atoms with Crippen molar-refractivity contribution in [2.45, 2.75) is 96.9 Å². The molecular weight excluding hydrogens is 264 g/mol. The van der Waals surface area contributed by atoms with Gasteiger partial charge in [0.15, 0.2) is 0 Å². The Bertz CT molecular complexity index is 285. The molecule has 0 heterocycles. The second-order valence-electron chi connectivity index (χ2n) is 6.23. The molecule has 0 aromatic heterocycles. The van der Waals surface area contributed by atoms with Crippen LogP contribution in [0.1, 0.15) is 72.6 Å². The summed E-state index contributed by atoms with van der Waals surface area (Å²) in [6, 6.07) is 0.913. The van der Waals surface area contributed by atoms with E-state index in [1.165, 1.54) is 6.42 Å². The molecule has 1 aliphatic carbocycles. The molecule has 1 atom stereocenters. The fraction of sp³-hybridized carbons (Fsp3) is 0.941. The number of carbonyl (C=O) groups is 1. The summed E-state index contributed by atoms with van der Waals surface area (Å²) in [6.07, 6.45) is 7.48. The summed E-state index contributed by atoms with van der Waals surface area (Å²) in [7, 11) is 0. The topological polar surface area (TPSA) is 50.4 Å². The van der Waals surface area contributed by atoms with Crippen molar-refractivity contribution in [1.29, 1.82) is 0 Å². The number of nitrogens with one attached hydrogen (secondary N) is 2. The lowest BCUT2D eigenvalue weighted by atomic mass is 9.93. The number of ether oxygens (including phenoxy) is 1. The highest BCUT2D eigenvalue weighted by Crippen LogP contribution is 2.22.